The van der Waals surface area contributed by atoms with Gasteiger partial charge >= 0.3 is 12.0 Å². The van der Waals surface area contributed by atoms with Gasteiger partial charge in [0, 0.05) is 18.4 Å². The minimum absolute atomic E-state index is 0.0729. The van der Waals surface area contributed by atoms with Gasteiger partial charge in [-0.25, -0.2) is 9.80 Å². The molecule has 9 heteroatoms. The number of nitrogens with zero attached hydrogens (tertiary/aromatic N) is 2. The summed E-state index contributed by atoms with van der Waals surface area (Å²) >= 11 is 0. The Kier molecular flexibility index (Phi) is 7.46. The molecule has 1 aromatic rings. The van der Waals surface area contributed by atoms with Crippen molar-refractivity contribution in [2.45, 2.75) is 45.6 Å². The first-order valence-corrected chi connectivity index (χ1v) is 9.35. The quantitative estimate of drug-likeness (QED) is 0.701. The van der Waals surface area contributed by atoms with Crippen LogP contribution in [-0.2, 0) is 19.1 Å². The van der Waals surface area contributed by atoms with Crippen LogP contribution in [0.2, 0.25) is 0 Å². The van der Waals surface area contributed by atoms with Crippen LogP contribution in [0.1, 0.15) is 45.6 Å². The number of carbonyl (C=O) groups is 4. The van der Waals surface area contributed by atoms with Crippen molar-refractivity contribution in [3.05, 3.63) is 35.9 Å². The predicted octanol–water partition coefficient (Wildman–Crippen LogP) is 1.57. The molecule has 0 fully saturated rings. The summed E-state index contributed by atoms with van der Waals surface area (Å²) < 4.78 is 4.80. The minimum Gasteiger partial charge on any atom is -0.456 e. The number of rotatable bonds is 6. The van der Waals surface area contributed by atoms with Crippen molar-refractivity contribution in [1.82, 2.24) is 15.6 Å². The Morgan fingerprint density at radius 1 is 1.10 bits per heavy atom. The lowest BCUT2D eigenvalue weighted by atomic mass is 10.1. The molecule has 156 valence electrons. The van der Waals surface area contributed by atoms with Gasteiger partial charge in [0.15, 0.2) is 6.61 Å². The van der Waals surface area contributed by atoms with Crippen molar-refractivity contribution >= 4 is 29.5 Å². The summed E-state index contributed by atoms with van der Waals surface area (Å²) in [4.78, 5) is 47.2. The molecule has 0 unspecified atom stereocenters. The lowest BCUT2D eigenvalue weighted by molar-refractivity contribution is -0.149. The number of hydrazone groups is 1. The van der Waals surface area contributed by atoms with Gasteiger partial charge in [0.1, 0.15) is 0 Å². The number of carbonyl (C=O) groups excluding carboxylic acids is 4. The van der Waals surface area contributed by atoms with E-state index in [9.17, 15) is 19.2 Å². The molecule has 0 aromatic heterocycles. The fourth-order valence-corrected chi connectivity index (χ4v) is 2.56. The van der Waals surface area contributed by atoms with Gasteiger partial charge in [-0.05, 0) is 26.3 Å². The predicted molar refractivity (Wildman–Crippen MR) is 106 cm³/mol. The number of imide groups is 1. The summed E-state index contributed by atoms with van der Waals surface area (Å²) in [6.45, 7) is 5.16. The third-order valence-corrected chi connectivity index (χ3v) is 3.85. The molecule has 0 radical (unpaired) electrons. The fraction of sp³-hybridized carbons (Fsp3) is 0.450. The van der Waals surface area contributed by atoms with Crippen LogP contribution in [0.5, 0.6) is 0 Å². The molecule has 0 aliphatic carbocycles. The number of amides is 4. The Morgan fingerprint density at radius 2 is 1.79 bits per heavy atom. The smallest absolute Gasteiger partial charge is 0.321 e. The summed E-state index contributed by atoms with van der Waals surface area (Å²) in [6.07, 6.45) is 0.403. The van der Waals surface area contributed by atoms with Crippen LogP contribution in [0.4, 0.5) is 4.79 Å². The lowest BCUT2D eigenvalue weighted by Gasteiger charge is -2.20. The number of hydrogen-bond donors (Lipinski definition) is 2. The van der Waals surface area contributed by atoms with Crippen LogP contribution in [-0.4, -0.2) is 53.2 Å². The zero-order valence-corrected chi connectivity index (χ0v) is 16.9. The standard InChI is InChI=1S/C20H26N4O5/c1-20(2,3)22-19(28)21-16(25)13-29-18(27)10-9-17(26)24-12-11-15(23-24)14-7-5-4-6-8-14/h4-8H,9-13H2,1-3H3,(H2,21,22,25,28). The summed E-state index contributed by atoms with van der Waals surface area (Å²) in [7, 11) is 0. The van der Waals surface area contributed by atoms with Crippen molar-refractivity contribution in [2.24, 2.45) is 5.10 Å². The van der Waals surface area contributed by atoms with Crippen molar-refractivity contribution in [3.8, 4) is 0 Å². The van der Waals surface area contributed by atoms with E-state index in [4.69, 9.17) is 4.74 Å². The zero-order chi connectivity index (χ0) is 21.4. The Balaban J connectivity index is 1.70. The number of urea groups is 1. The minimum atomic E-state index is -0.747. The maximum atomic E-state index is 12.2. The van der Waals surface area contributed by atoms with Crippen molar-refractivity contribution < 1.29 is 23.9 Å². The fourth-order valence-electron chi connectivity index (χ4n) is 2.56. The van der Waals surface area contributed by atoms with Gasteiger partial charge < -0.3 is 10.1 Å². The van der Waals surface area contributed by atoms with Gasteiger partial charge in [-0.3, -0.25) is 19.7 Å². The first kappa shape index (κ1) is 22.1. The van der Waals surface area contributed by atoms with Gasteiger partial charge in [-0.1, -0.05) is 30.3 Å². The SMILES string of the molecule is CC(C)(C)NC(=O)NC(=O)COC(=O)CCC(=O)N1CCC(c2ccccc2)=N1. The average molecular weight is 402 g/mol. The molecule has 4 amide bonds. The topological polar surface area (TPSA) is 117 Å². The third kappa shape index (κ3) is 7.73. The molecule has 2 rings (SSSR count). The van der Waals surface area contributed by atoms with Crippen LogP contribution >= 0.6 is 0 Å². The van der Waals surface area contributed by atoms with Crippen LogP contribution in [0.25, 0.3) is 0 Å². The average Bonchev–Trinajstić information content (AvgIpc) is 3.14. The van der Waals surface area contributed by atoms with E-state index in [1.165, 1.54) is 5.01 Å². The Bertz CT molecular complexity index is 799. The van der Waals surface area contributed by atoms with Crippen molar-refractivity contribution in [3.63, 3.8) is 0 Å². The van der Waals surface area contributed by atoms with Gasteiger partial charge in [0.05, 0.1) is 18.7 Å². The highest BCUT2D eigenvalue weighted by Gasteiger charge is 2.22. The van der Waals surface area contributed by atoms with E-state index in [1.807, 2.05) is 30.3 Å². The summed E-state index contributed by atoms with van der Waals surface area (Å²) in [5.74, 6) is -1.74. The van der Waals surface area contributed by atoms with E-state index in [1.54, 1.807) is 20.8 Å². The van der Waals surface area contributed by atoms with Crippen LogP contribution < -0.4 is 10.6 Å². The van der Waals surface area contributed by atoms with Crippen LogP contribution in [0.15, 0.2) is 35.4 Å². The van der Waals surface area contributed by atoms with E-state index < -0.39 is 30.1 Å². The van der Waals surface area contributed by atoms with E-state index in [2.05, 4.69) is 15.7 Å². The molecule has 0 saturated heterocycles. The monoisotopic (exact) mass is 402 g/mol. The summed E-state index contributed by atoms with van der Waals surface area (Å²) in [6, 6.07) is 8.90. The molecule has 1 aromatic carbocycles. The highest BCUT2D eigenvalue weighted by molar-refractivity contribution is 6.02. The second-order valence-electron chi connectivity index (χ2n) is 7.59. The molecular formula is C20H26N4O5. The first-order valence-electron chi connectivity index (χ1n) is 9.35. The molecule has 0 bridgehead atoms. The van der Waals surface area contributed by atoms with E-state index in [-0.39, 0.29) is 18.7 Å². The molecule has 1 aliphatic rings. The third-order valence-electron chi connectivity index (χ3n) is 3.85. The maximum Gasteiger partial charge on any atom is 0.321 e. The van der Waals surface area contributed by atoms with Crippen molar-refractivity contribution in [1.29, 1.82) is 0 Å². The molecule has 0 saturated carbocycles. The number of esters is 1. The van der Waals surface area contributed by atoms with Crippen LogP contribution in [0, 0.1) is 0 Å². The van der Waals surface area contributed by atoms with Gasteiger partial charge in [0.2, 0.25) is 5.91 Å². The van der Waals surface area contributed by atoms with Gasteiger partial charge in [0.25, 0.3) is 5.91 Å². The number of nitrogens with one attached hydrogen (secondary N) is 2. The second kappa shape index (κ2) is 9.81. The second-order valence-corrected chi connectivity index (χ2v) is 7.59. The highest BCUT2D eigenvalue weighted by Crippen LogP contribution is 2.15. The van der Waals surface area contributed by atoms with E-state index in [0.29, 0.717) is 13.0 Å². The molecule has 9 nitrogen and oxygen atoms in total. The molecule has 0 spiro atoms. The van der Waals surface area contributed by atoms with Crippen LogP contribution in [0.3, 0.4) is 0 Å². The molecule has 0 atom stereocenters. The lowest BCUT2D eigenvalue weighted by Crippen LogP contribution is -2.49. The highest BCUT2D eigenvalue weighted by atomic mass is 16.5. The number of hydrogen-bond acceptors (Lipinski definition) is 6. The molecule has 29 heavy (non-hydrogen) atoms. The van der Waals surface area contributed by atoms with Gasteiger partial charge in [-0.15, -0.1) is 0 Å². The summed E-state index contributed by atoms with van der Waals surface area (Å²) in [5, 5.41) is 10.3. The van der Waals surface area contributed by atoms with Gasteiger partial charge in [-0.2, -0.15) is 5.10 Å². The Hall–Kier alpha value is -3.23. The first-order chi connectivity index (χ1) is 13.6. The molecule has 1 heterocycles. The van der Waals surface area contributed by atoms with E-state index in [0.717, 1.165) is 11.3 Å². The Labute approximate surface area is 169 Å². The number of benzene rings is 1. The summed E-state index contributed by atoms with van der Waals surface area (Å²) in [5.41, 5.74) is 1.29. The number of ether oxygens (including phenoxy) is 1. The molecular weight excluding hydrogens is 376 g/mol. The Morgan fingerprint density at radius 3 is 2.45 bits per heavy atom. The van der Waals surface area contributed by atoms with Crippen molar-refractivity contribution in [2.75, 3.05) is 13.2 Å². The largest absolute Gasteiger partial charge is 0.456 e. The normalized spacial score (nSPS) is 13.5. The van der Waals surface area contributed by atoms with E-state index >= 15 is 0 Å². The zero-order valence-electron chi connectivity index (χ0n) is 16.9. The molecule has 1 aliphatic heterocycles. The molecule has 2 N–H and O–H groups in total. The maximum absolute atomic E-state index is 12.2.